The second-order valence-corrected chi connectivity index (χ2v) is 11.8. The van der Waals surface area contributed by atoms with Crippen molar-refractivity contribution in [3.05, 3.63) is 82.4 Å². The van der Waals surface area contributed by atoms with Crippen LogP contribution >= 0.6 is 11.6 Å². The molecule has 0 radical (unpaired) electrons. The van der Waals surface area contributed by atoms with Gasteiger partial charge in [-0.1, -0.05) is 60.1 Å². The molecule has 1 heterocycles. The first-order valence-electron chi connectivity index (χ1n) is 14.7. The zero-order chi connectivity index (χ0) is 31.1. The van der Waals surface area contributed by atoms with Crippen molar-refractivity contribution >= 4 is 46.1 Å². The van der Waals surface area contributed by atoms with Crippen molar-refractivity contribution in [2.45, 2.75) is 64.6 Å². The fraction of sp³-hybridized carbons (Fsp3) is 0.394. The number of hydrogen-bond donors (Lipinski definition) is 3. The van der Waals surface area contributed by atoms with Crippen molar-refractivity contribution in [1.82, 2.24) is 15.1 Å². The van der Waals surface area contributed by atoms with Crippen LogP contribution in [-0.2, 0) is 27.2 Å². The highest BCUT2D eigenvalue weighted by Gasteiger charge is 2.39. The topological polar surface area (TPSA) is 134 Å². The molecule has 4 rings (SSSR count). The third-order valence-electron chi connectivity index (χ3n) is 8.01. The van der Waals surface area contributed by atoms with E-state index in [1.54, 1.807) is 6.07 Å². The van der Waals surface area contributed by atoms with Gasteiger partial charge in [0.25, 0.3) is 0 Å². The Labute approximate surface area is 258 Å². The highest BCUT2D eigenvalue weighted by molar-refractivity contribution is 6.30. The Balaban J connectivity index is 1.55. The maximum absolute atomic E-state index is 14.1. The van der Waals surface area contributed by atoms with Crippen molar-refractivity contribution in [2.24, 2.45) is 16.5 Å². The lowest BCUT2D eigenvalue weighted by Gasteiger charge is -2.46. The third-order valence-corrected chi connectivity index (χ3v) is 8.24. The summed E-state index contributed by atoms with van der Waals surface area (Å²) in [6, 6.07) is 18.5. The number of aryl methyl sites for hydroxylation is 1. The van der Waals surface area contributed by atoms with Gasteiger partial charge in [0.15, 0.2) is 5.96 Å². The van der Waals surface area contributed by atoms with Gasteiger partial charge in [-0.25, -0.2) is 0 Å². The number of nitrogens with zero attached hydrogens (tertiary/aromatic N) is 3. The molecule has 1 aliphatic heterocycles. The molecule has 0 bridgehead atoms. The average molecular weight is 605 g/mol. The predicted molar refractivity (Wildman–Crippen MR) is 172 cm³/mol. The van der Waals surface area contributed by atoms with Crippen LogP contribution in [0, 0.1) is 6.92 Å². The molecule has 10 heteroatoms. The number of amides is 3. The van der Waals surface area contributed by atoms with Crippen LogP contribution in [0.1, 0.15) is 43.4 Å². The second-order valence-electron chi connectivity index (χ2n) is 11.4. The number of aliphatic imine (C=N–C) groups is 1. The number of nitrogens with two attached hydrogens (primary N) is 2. The number of benzene rings is 3. The Morgan fingerprint density at radius 2 is 1.77 bits per heavy atom. The first kappa shape index (κ1) is 31.8. The van der Waals surface area contributed by atoms with Gasteiger partial charge in [0.1, 0.15) is 6.04 Å². The number of carbonyl (C=O) groups excluding carboxylic acids is 3. The Hall–Kier alpha value is -4.11. The molecule has 3 aromatic rings. The van der Waals surface area contributed by atoms with E-state index in [0.29, 0.717) is 43.9 Å². The Kier molecular flexibility index (Phi) is 10.6. The highest BCUT2D eigenvalue weighted by atomic mass is 35.5. The molecule has 0 unspecified atom stereocenters. The van der Waals surface area contributed by atoms with E-state index in [1.165, 1.54) is 6.92 Å². The van der Waals surface area contributed by atoms with Crippen LogP contribution in [-0.4, -0.2) is 71.2 Å². The summed E-state index contributed by atoms with van der Waals surface area (Å²) < 4.78 is 0. The number of halogens is 1. The summed E-state index contributed by atoms with van der Waals surface area (Å²) in [5, 5.41) is 5.70. The molecule has 3 atom stereocenters. The van der Waals surface area contributed by atoms with E-state index < -0.39 is 6.04 Å². The number of hydrogen-bond acceptors (Lipinski definition) is 4. The van der Waals surface area contributed by atoms with Crippen LogP contribution in [0.2, 0.25) is 5.02 Å². The standard InChI is InChI=1S/C33H41ClN6O3/c1-21-15-28(34)13-12-26(21)18-30(38-23(3)41)32(43)40-19-22(2)39(20-29(40)9-6-14-37-33(35)36)31(42)17-24-10-11-25-7-4-5-8-27(25)16-24/h4-5,7-8,10-13,15-16,22,29-30H,6,9,14,17-20H2,1-3H3,(H,38,41)(H4,35,36,37)/t22-,29+,30+/m1/s1. The second kappa shape index (κ2) is 14.4. The quantitative estimate of drug-likeness (QED) is 0.185. The number of fused-ring (bicyclic) bond motifs is 1. The van der Waals surface area contributed by atoms with Crippen LogP contribution in [0.15, 0.2) is 65.7 Å². The van der Waals surface area contributed by atoms with Gasteiger partial charge >= 0.3 is 0 Å². The smallest absolute Gasteiger partial charge is 0.245 e. The fourth-order valence-corrected chi connectivity index (χ4v) is 6.04. The summed E-state index contributed by atoms with van der Waals surface area (Å²) in [5.74, 6) is -0.433. The Bertz CT molecular complexity index is 1500. The van der Waals surface area contributed by atoms with Crippen LogP contribution in [0.5, 0.6) is 0 Å². The van der Waals surface area contributed by atoms with Gasteiger partial charge in [-0.15, -0.1) is 0 Å². The van der Waals surface area contributed by atoms with Crippen LogP contribution < -0.4 is 16.8 Å². The molecule has 228 valence electrons. The first-order valence-corrected chi connectivity index (χ1v) is 15.0. The molecule has 5 N–H and O–H groups in total. The monoisotopic (exact) mass is 604 g/mol. The average Bonchev–Trinajstić information content (AvgIpc) is 2.95. The van der Waals surface area contributed by atoms with Crippen LogP contribution in [0.4, 0.5) is 0 Å². The van der Waals surface area contributed by atoms with E-state index in [4.69, 9.17) is 23.1 Å². The fourth-order valence-electron chi connectivity index (χ4n) is 5.82. The van der Waals surface area contributed by atoms with Crippen molar-refractivity contribution < 1.29 is 14.4 Å². The molecular formula is C33H41ClN6O3. The van der Waals surface area contributed by atoms with Crippen molar-refractivity contribution in [3.63, 3.8) is 0 Å². The zero-order valence-corrected chi connectivity index (χ0v) is 25.8. The summed E-state index contributed by atoms with van der Waals surface area (Å²) in [4.78, 5) is 47.8. The van der Waals surface area contributed by atoms with E-state index in [2.05, 4.69) is 22.4 Å². The molecule has 1 saturated heterocycles. The minimum Gasteiger partial charge on any atom is -0.370 e. The molecule has 1 fully saturated rings. The molecular weight excluding hydrogens is 564 g/mol. The Morgan fingerprint density at radius 1 is 1.02 bits per heavy atom. The molecule has 1 aliphatic rings. The van der Waals surface area contributed by atoms with Gasteiger partial charge in [-0.2, -0.15) is 0 Å². The summed E-state index contributed by atoms with van der Waals surface area (Å²) in [6.07, 6.45) is 1.84. The summed E-state index contributed by atoms with van der Waals surface area (Å²) in [6.45, 7) is 6.46. The number of guanidine groups is 1. The van der Waals surface area contributed by atoms with Gasteiger partial charge in [-0.05, 0) is 66.3 Å². The van der Waals surface area contributed by atoms with Gasteiger partial charge in [0.2, 0.25) is 17.7 Å². The Morgan fingerprint density at radius 3 is 2.47 bits per heavy atom. The van der Waals surface area contributed by atoms with Crippen LogP contribution in [0.3, 0.4) is 0 Å². The third kappa shape index (κ3) is 8.47. The minimum atomic E-state index is -0.760. The summed E-state index contributed by atoms with van der Waals surface area (Å²) in [7, 11) is 0. The minimum absolute atomic E-state index is 0.0132. The lowest BCUT2D eigenvalue weighted by atomic mass is 9.96. The zero-order valence-electron chi connectivity index (χ0n) is 25.1. The van der Waals surface area contributed by atoms with Gasteiger partial charge in [-0.3, -0.25) is 19.4 Å². The maximum atomic E-state index is 14.1. The maximum Gasteiger partial charge on any atom is 0.245 e. The highest BCUT2D eigenvalue weighted by Crippen LogP contribution is 2.24. The lowest BCUT2D eigenvalue weighted by molar-refractivity contribution is -0.148. The van der Waals surface area contributed by atoms with E-state index >= 15 is 0 Å². The van der Waals surface area contributed by atoms with Crippen molar-refractivity contribution in [2.75, 3.05) is 19.6 Å². The molecule has 0 saturated carbocycles. The molecule has 43 heavy (non-hydrogen) atoms. The van der Waals surface area contributed by atoms with Crippen molar-refractivity contribution in [3.8, 4) is 0 Å². The number of nitrogens with one attached hydrogen (secondary N) is 1. The van der Waals surface area contributed by atoms with Crippen LogP contribution in [0.25, 0.3) is 10.8 Å². The van der Waals surface area contributed by atoms with Gasteiger partial charge in [0, 0.05) is 50.1 Å². The molecule has 0 spiro atoms. The molecule has 3 amide bonds. The van der Waals surface area contributed by atoms with Gasteiger partial charge in [0.05, 0.1) is 6.42 Å². The molecule has 9 nitrogen and oxygen atoms in total. The number of rotatable bonds is 10. The SMILES string of the molecule is CC(=O)N[C@@H](Cc1ccc(Cl)cc1C)C(=O)N1C[C@@H](C)N(C(=O)Cc2ccc3ccccc3c2)C[C@@H]1CCCN=C(N)N. The summed E-state index contributed by atoms with van der Waals surface area (Å²) in [5.41, 5.74) is 13.9. The first-order chi connectivity index (χ1) is 20.5. The van der Waals surface area contributed by atoms with E-state index in [9.17, 15) is 14.4 Å². The van der Waals surface area contributed by atoms with Crippen molar-refractivity contribution in [1.29, 1.82) is 0 Å². The van der Waals surface area contributed by atoms with E-state index in [0.717, 1.165) is 27.5 Å². The van der Waals surface area contributed by atoms with Gasteiger partial charge < -0.3 is 26.6 Å². The normalized spacial score (nSPS) is 17.4. The largest absolute Gasteiger partial charge is 0.370 e. The lowest BCUT2D eigenvalue weighted by Crippen LogP contribution is -2.63. The molecule has 0 aromatic heterocycles. The van der Waals surface area contributed by atoms with E-state index in [1.807, 2.05) is 66.1 Å². The number of piperazine rings is 1. The number of carbonyl (C=O) groups is 3. The molecule has 3 aromatic carbocycles. The summed E-state index contributed by atoms with van der Waals surface area (Å²) >= 11 is 6.15. The predicted octanol–water partition coefficient (Wildman–Crippen LogP) is 3.57. The van der Waals surface area contributed by atoms with E-state index in [-0.39, 0.29) is 42.2 Å². The molecule has 0 aliphatic carbocycles.